The number of hydrogen-bond donors (Lipinski definition) is 1. The second-order valence-corrected chi connectivity index (χ2v) is 9.70. The van der Waals surface area contributed by atoms with Crippen LogP contribution in [0.1, 0.15) is 42.9 Å². The number of carbonyl (C=O) groups is 2. The third-order valence-corrected chi connectivity index (χ3v) is 6.82. The minimum atomic E-state index is -0.650. The predicted octanol–water partition coefficient (Wildman–Crippen LogP) is 4.96. The molecule has 1 aliphatic rings. The van der Waals surface area contributed by atoms with Gasteiger partial charge in [-0.15, -0.1) is 0 Å². The molecule has 7 heteroatoms. The molecular weight excluding hydrogens is 492 g/mol. The van der Waals surface area contributed by atoms with Crippen molar-refractivity contribution in [3.63, 3.8) is 0 Å². The Morgan fingerprint density at radius 2 is 1.69 bits per heavy atom. The van der Waals surface area contributed by atoms with Gasteiger partial charge in [0.2, 0.25) is 11.8 Å². The van der Waals surface area contributed by atoms with E-state index in [2.05, 4.69) is 12.2 Å². The Kier molecular flexibility index (Phi) is 10.2. The van der Waals surface area contributed by atoms with Crippen molar-refractivity contribution in [3.05, 3.63) is 89.5 Å². The fourth-order valence-electron chi connectivity index (χ4n) is 4.67. The van der Waals surface area contributed by atoms with Crippen molar-refractivity contribution in [2.45, 2.75) is 51.6 Å². The quantitative estimate of drug-likeness (QED) is 0.316. The number of nitrogens with zero attached hydrogens (tertiary/aromatic N) is 1. The summed E-state index contributed by atoms with van der Waals surface area (Å²) >= 11 is 0. The SMILES string of the molecule is CCCCNC(=O)[C@@H](Cc1ccccc1)N(Cc1cccc(OC)c1)C(=O)CCc1ccc2c(c1)OCCO2. The average molecular weight is 531 g/mol. The predicted molar refractivity (Wildman–Crippen MR) is 151 cm³/mol. The summed E-state index contributed by atoms with van der Waals surface area (Å²) in [6, 6.07) is 22.6. The van der Waals surface area contributed by atoms with Crippen molar-refractivity contribution in [1.82, 2.24) is 10.2 Å². The molecular formula is C32H38N2O5. The van der Waals surface area contributed by atoms with Gasteiger partial charge >= 0.3 is 0 Å². The van der Waals surface area contributed by atoms with E-state index in [4.69, 9.17) is 14.2 Å². The van der Waals surface area contributed by atoms with E-state index in [1.807, 2.05) is 72.8 Å². The van der Waals surface area contributed by atoms with Crippen LogP contribution in [0.25, 0.3) is 0 Å². The zero-order chi connectivity index (χ0) is 27.5. The number of hydrogen-bond acceptors (Lipinski definition) is 5. The molecule has 0 spiro atoms. The molecule has 0 saturated carbocycles. The number of rotatable bonds is 13. The van der Waals surface area contributed by atoms with Gasteiger partial charge in [0.1, 0.15) is 25.0 Å². The van der Waals surface area contributed by atoms with Gasteiger partial charge in [-0.2, -0.15) is 0 Å². The molecule has 0 radical (unpaired) electrons. The van der Waals surface area contributed by atoms with E-state index in [-0.39, 0.29) is 18.2 Å². The van der Waals surface area contributed by atoms with E-state index in [0.717, 1.165) is 35.3 Å². The molecule has 7 nitrogen and oxygen atoms in total. The molecule has 0 bridgehead atoms. The maximum Gasteiger partial charge on any atom is 0.243 e. The Labute approximate surface area is 231 Å². The van der Waals surface area contributed by atoms with Crippen LogP contribution in [0.4, 0.5) is 0 Å². The largest absolute Gasteiger partial charge is 0.497 e. The molecule has 1 heterocycles. The standard InChI is InChI=1S/C32H38N2O5/c1-3-4-17-33-32(36)28(21-24-9-6-5-7-10-24)34(23-26-11-8-12-27(20-26)37-2)31(35)16-14-25-13-15-29-30(22-25)39-19-18-38-29/h5-13,15,20,22,28H,3-4,14,16-19,21,23H2,1-2H3,(H,33,36)/t28-/m1/s1. The molecule has 1 atom stereocenters. The number of nitrogens with one attached hydrogen (secondary N) is 1. The first-order valence-electron chi connectivity index (χ1n) is 13.7. The number of carbonyl (C=O) groups excluding carboxylic acids is 2. The van der Waals surface area contributed by atoms with E-state index in [1.54, 1.807) is 12.0 Å². The van der Waals surface area contributed by atoms with Crippen molar-refractivity contribution in [3.8, 4) is 17.2 Å². The van der Waals surface area contributed by atoms with Crippen LogP contribution in [0.15, 0.2) is 72.8 Å². The van der Waals surface area contributed by atoms with Gasteiger partial charge in [0, 0.05) is 25.9 Å². The summed E-state index contributed by atoms with van der Waals surface area (Å²) in [4.78, 5) is 29.2. The Morgan fingerprint density at radius 1 is 0.923 bits per heavy atom. The molecule has 1 aliphatic heterocycles. The average Bonchev–Trinajstić information content (AvgIpc) is 2.98. The van der Waals surface area contributed by atoms with Crippen molar-refractivity contribution in [2.24, 2.45) is 0 Å². The molecule has 39 heavy (non-hydrogen) atoms. The van der Waals surface area contributed by atoms with Gasteiger partial charge in [0.15, 0.2) is 11.5 Å². The fraction of sp³-hybridized carbons (Fsp3) is 0.375. The molecule has 4 rings (SSSR count). The van der Waals surface area contributed by atoms with Crippen LogP contribution >= 0.6 is 0 Å². The third kappa shape index (κ3) is 7.99. The second kappa shape index (κ2) is 14.2. The van der Waals surface area contributed by atoms with Crippen LogP contribution in [0.5, 0.6) is 17.2 Å². The van der Waals surface area contributed by atoms with Crippen molar-refractivity contribution >= 4 is 11.8 Å². The Bertz CT molecular complexity index is 1230. The molecule has 3 aromatic carbocycles. The number of ether oxygens (including phenoxy) is 3. The highest BCUT2D eigenvalue weighted by molar-refractivity contribution is 5.88. The van der Waals surface area contributed by atoms with Crippen molar-refractivity contribution < 1.29 is 23.8 Å². The van der Waals surface area contributed by atoms with Crippen LogP contribution in [0, 0.1) is 0 Å². The summed E-state index contributed by atoms with van der Waals surface area (Å²) in [7, 11) is 1.62. The van der Waals surface area contributed by atoms with Gasteiger partial charge in [-0.1, -0.05) is 61.9 Å². The number of aryl methyl sites for hydroxylation is 1. The fourth-order valence-corrected chi connectivity index (χ4v) is 4.67. The van der Waals surface area contributed by atoms with Crippen molar-refractivity contribution in [1.29, 1.82) is 0 Å². The molecule has 0 aliphatic carbocycles. The highest BCUT2D eigenvalue weighted by Gasteiger charge is 2.30. The second-order valence-electron chi connectivity index (χ2n) is 9.70. The Balaban J connectivity index is 1.59. The highest BCUT2D eigenvalue weighted by Crippen LogP contribution is 2.31. The monoisotopic (exact) mass is 530 g/mol. The van der Waals surface area contributed by atoms with Gasteiger partial charge in [0.25, 0.3) is 0 Å². The molecule has 0 saturated heterocycles. The summed E-state index contributed by atoms with van der Waals surface area (Å²) in [6.45, 7) is 4.02. The lowest BCUT2D eigenvalue weighted by molar-refractivity contribution is -0.141. The van der Waals surface area contributed by atoms with Gasteiger partial charge < -0.3 is 24.4 Å². The maximum absolute atomic E-state index is 13.9. The molecule has 3 aromatic rings. The third-order valence-electron chi connectivity index (χ3n) is 6.82. The molecule has 2 amide bonds. The minimum absolute atomic E-state index is 0.0840. The van der Waals surface area contributed by atoms with E-state index < -0.39 is 6.04 Å². The summed E-state index contributed by atoms with van der Waals surface area (Å²) in [5, 5.41) is 3.07. The topological polar surface area (TPSA) is 77.1 Å². The first-order valence-corrected chi connectivity index (χ1v) is 13.7. The lowest BCUT2D eigenvalue weighted by atomic mass is 10.0. The molecule has 206 valence electrons. The molecule has 0 unspecified atom stereocenters. The maximum atomic E-state index is 13.9. The van der Waals surface area contributed by atoms with Gasteiger partial charge in [-0.05, 0) is 53.8 Å². The summed E-state index contributed by atoms with van der Waals surface area (Å²) in [5.41, 5.74) is 2.89. The van der Waals surface area contributed by atoms with Crippen LogP contribution in [-0.2, 0) is 29.0 Å². The number of unbranched alkanes of at least 4 members (excludes halogenated alkanes) is 1. The van der Waals surface area contributed by atoms with E-state index in [1.165, 1.54) is 0 Å². The smallest absolute Gasteiger partial charge is 0.243 e. The number of amides is 2. The summed E-state index contributed by atoms with van der Waals surface area (Å²) < 4.78 is 16.8. The highest BCUT2D eigenvalue weighted by atomic mass is 16.6. The van der Waals surface area contributed by atoms with E-state index in [0.29, 0.717) is 50.6 Å². The van der Waals surface area contributed by atoms with Crippen LogP contribution in [0.2, 0.25) is 0 Å². The first-order chi connectivity index (χ1) is 19.1. The Hall–Kier alpha value is -4.00. The normalized spacial score (nSPS) is 12.9. The zero-order valence-corrected chi connectivity index (χ0v) is 22.9. The number of fused-ring (bicyclic) bond motifs is 1. The molecule has 0 fully saturated rings. The molecule has 0 aromatic heterocycles. The van der Waals surface area contributed by atoms with Gasteiger partial charge in [-0.3, -0.25) is 9.59 Å². The van der Waals surface area contributed by atoms with Gasteiger partial charge in [0.05, 0.1) is 7.11 Å². The number of benzene rings is 3. The molecule has 1 N–H and O–H groups in total. The summed E-state index contributed by atoms with van der Waals surface area (Å²) in [5.74, 6) is 1.92. The van der Waals surface area contributed by atoms with Crippen molar-refractivity contribution in [2.75, 3.05) is 26.9 Å². The first kappa shape index (κ1) is 28.0. The summed E-state index contributed by atoms with van der Waals surface area (Å²) in [6.07, 6.45) is 3.08. The van der Waals surface area contributed by atoms with E-state index in [9.17, 15) is 9.59 Å². The Morgan fingerprint density at radius 3 is 2.46 bits per heavy atom. The lowest BCUT2D eigenvalue weighted by Crippen LogP contribution is -2.50. The van der Waals surface area contributed by atoms with Gasteiger partial charge in [-0.25, -0.2) is 0 Å². The zero-order valence-electron chi connectivity index (χ0n) is 22.9. The van der Waals surface area contributed by atoms with Crippen LogP contribution < -0.4 is 19.5 Å². The van der Waals surface area contributed by atoms with Crippen LogP contribution in [0.3, 0.4) is 0 Å². The minimum Gasteiger partial charge on any atom is -0.497 e. The van der Waals surface area contributed by atoms with Crippen LogP contribution in [-0.4, -0.2) is 49.6 Å². The number of methoxy groups -OCH3 is 1. The lowest BCUT2D eigenvalue weighted by Gasteiger charge is -2.32. The van der Waals surface area contributed by atoms with E-state index >= 15 is 0 Å².